The van der Waals surface area contributed by atoms with E-state index in [0.29, 0.717) is 17.9 Å². The monoisotopic (exact) mass is 325 g/mol. The maximum Gasteiger partial charge on any atom is 0.217 e. The van der Waals surface area contributed by atoms with Crippen molar-refractivity contribution in [2.75, 3.05) is 13.1 Å². The minimum absolute atomic E-state index is 0.256. The van der Waals surface area contributed by atoms with E-state index in [1.54, 1.807) is 6.34 Å². The number of hydrogen-bond donors (Lipinski definition) is 1. The van der Waals surface area contributed by atoms with E-state index < -0.39 is 0 Å². The van der Waals surface area contributed by atoms with E-state index in [0.717, 1.165) is 12.5 Å². The van der Waals surface area contributed by atoms with Crippen LogP contribution in [0.1, 0.15) is 23.8 Å². The molecule has 1 N–H and O–H groups in total. The topological polar surface area (TPSA) is 36.9 Å². The maximum atomic E-state index is 5.98. The van der Waals surface area contributed by atoms with Crippen molar-refractivity contribution in [2.45, 2.75) is 24.6 Å². The molecule has 3 saturated heterocycles. The van der Waals surface area contributed by atoms with E-state index in [2.05, 4.69) is 45.7 Å². The zero-order valence-corrected chi connectivity index (χ0v) is 13.6. The lowest BCUT2D eigenvalue weighted by Gasteiger charge is -2.62. The van der Waals surface area contributed by atoms with Crippen molar-refractivity contribution < 1.29 is 4.84 Å². The van der Waals surface area contributed by atoms with Crippen LogP contribution in [-0.4, -0.2) is 30.1 Å². The molecule has 1 saturated carbocycles. The van der Waals surface area contributed by atoms with Crippen LogP contribution >= 0.6 is 11.3 Å². The van der Waals surface area contributed by atoms with Gasteiger partial charge in [-0.2, -0.15) is 0 Å². The van der Waals surface area contributed by atoms with Crippen molar-refractivity contribution in [1.82, 2.24) is 10.2 Å². The summed E-state index contributed by atoms with van der Waals surface area (Å²) in [6, 6.07) is 11.6. The van der Waals surface area contributed by atoms with Crippen molar-refractivity contribution in [3.05, 3.63) is 35.2 Å². The van der Waals surface area contributed by atoms with Gasteiger partial charge in [0.15, 0.2) is 0 Å². The van der Waals surface area contributed by atoms with Crippen molar-refractivity contribution >= 4 is 27.8 Å². The molecule has 5 aliphatic rings. The van der Waals surface area contributed by atoms with Gasteiger partial charge in [0.25, 0.3) is 0 Å². The first kappa shape index (κ1) is 12.8. The van der Waals surface area contributed by atoms with Gasteiger partial charge < -0.3 is 10.2 Å². The summed E-state index contributed by atoms with van der Waals surface area (Å²) in [6.07, 6.45) is 4.30. The summed E-state index contributed by atoms with van der Waals surface area (Å²) in [5.74, 6) is 1.89. The Morgan fingerprint density at radius 1 is 1.26 bits per heavy atom. The molecule has 1 aromatic carbocycles. The molecule has 6 unspecified atom stereocenters. The Balaban J connectivity index is 1.48. The molecular formula is C18H19N3OS. The molecule has 4 fully saturated rings. The van der Waals surface area contributed by atoms with Gasteiger partial charge in [0, 0.05) is 34.5 Å². The molecule has 5 heteroatoms. The predicted molar refractivity (Wildman–Crippen MR) is 91.3 cm³/mol. The summed E-state index contributed by atoms with van der Waals surface area (Å²) >= 11 is 1.95. The molecule has 4 aliphatic heterocycles. The average molecular weight is 325 g/mol. The summed E-state index contributed by atoms with van der Waals surface area (Å²) in [6.45, 7) is 2.38. The van der Waals surface area contributed by atoms with Crippen LogP contribution in [-0.2, 0) is 4.84 Å². The minimum atomic E-state index is -0.256. The Labute approximate surface area is 139 Å². The predicted octanol–water partition coefficient (Wildman–Crippen LogP) is 3.17. The second-order valence-electron chi connectivity index (χ2n) is 7.49. The quantitative estimate of drug-likeness (QED) is 0.875. The van der Waals surface area contributed by atoms with Crippen LogP contribution in [0.3, 0.4) is 0 Å². The van der Waals surface area contributed by atoms with Crippen LogP contribution in [0.2, 0.25) is 0 Å². The molecule has 1 aliphatic carbocycles. The minimum Gasteiger partial charge on any atom is -0.365 e. The van der Waals surface area contributed by atoms with E-state index in [-0.39, 0.29) is 5.72 Å². The van der Waals surface area contributed by atoms with E-state index in [1.807, 2.05) is 11.3 Å². The van der Waals surface area contributed by atoms with Gasteiger partial charge in [0.1, 0.15) is 6.34 Å². The fraction of sp³-hybridized carbons (Fsp3) is 0.500. The molecule has 5 heterocycles. The molecule has 0 amide bonds. The third-order valence-electron chi connectivity index (χ3n) is 6.37. The van der Waals surface area contributed by atoms with Gasteiger partial charge in [0.2, 0.25) is 5.72 Å². The van der Waals surface area contributed by atoms with E-state index in [4.69, 9.17) is 4.84 Å². The summed E-state index contributed by atoms with van der Waals surface area (Å²) in [4.78, 5) is 10.2. The number of nitrogens with one attached hydrogen (secondary N) is 1. The Kier molecular flexibility index (Phi) is 2.38. The smallest absolute Gasteiger partial charge is 0.217 e. The second-order valence-corrected chi connectivity index (χ2v) is 8.60. The van der Waals surface area contributed by atoms with Crippen LogP contribution < -0.4 is 5.32 Å². The van der Waals surface area contributed by atoms with Gasteiger partial charge in [-0.1, -0.05) is 23.4 Å². The molecule has 2 aromatic rings. The molecule has 1 aromatic heterocycles. The number of rotatable bonds is 1. The Hall–Kier alpha value is -1.59. The first-order valence-corrected chi connectivity index (χ1v) is 9.35. The third kappa shape index (κ3) is 1.57. The number of piperidine rings is 3. The summed E-state index contributed by atoms with van der Waals surface area (Å²) in [7, 11) is 0. The van der Waals surface area contributed by atoms with Crippen molar-refractivity contribution in [2.24, 2.45) is 22.9 Å². The van der Waals surface area contributed by atoms with Crippen molar-refractivity contribution in [3.8, 4) is 0 Å². The molecule has 7 rings (SSSR count). The highest BCUT2D eigenvalue weighted by Gasteiger charge is 2.64. The van der Waals surface area contributed by atoms with Crippen LogP contribution in [0.5, 0.6) is 0 Å². The standard InChI is InChI=1S/C18H19N3OS/c1-2-4-15-12(3-1)7-16(23-15)17-14-6-11-5-13(9-21(17)8-11)18(14)19-10-20-22-18/h1-4,7,10-11,13-14,17H,5-6,8-9H2,(H,19,20). The highest BCUT2D eigenvalue weighted by atomic mass is 32.1. The van der Waals surface area contributed by atoms with E-state index in [1.165, 1.54) is 34.3 Å². The zero-order valence-electron chi connectivity index (χ0n) is 12.8. The zero-order chi connectivity index (χ0) is 15.0. The first-order chi connectivity index (χ1) is 11.3. The van der Waals surface area contributed by atoms with Crippen molar-refractivity contribution in [3.63, 3.8) is 0 Å². The SMILES string of the molecule is C1=NOC2(N1)C1CC3CC2C(c2cc4ccccc4s2)N(C3)C1. The normalized spacial score (nSPS) is 43.2. The number of hydrogen-bond acceptors (Lipinski definition) is 5. The summed E-state index contributed by atoms with van der Waals surface area (Å²) < 4.78 is 1.39. The van der Waals surface area contributed by atoms with Crippen LogP contribution in [0.15, 0.2) is 35.5 Å². The third-order valence-corrected chi connectivity index (χ3v) is 7.55. The van der Waals surface area contributed by atoms with Gasteiger partial charge in [-0.3, -0.25) is 4.90 Å². The lowest BCUT2D eigenvalue weighted by atomic mass is 9.59. The summed E-state index contributed by atoms with van der Waals surface area (Å²) in [5, 5.41) is 8.98. The van der Waals surface area contributed by atoms with Crippen molar-refractivity contribution in [1.29, 1.82) is 0 Å². The van der Waals surface area contributed by atoms with Gasteiger partial charge >= 0.3 is 0 Å². The largest absolute Gasteiger partial charge is 0.365 e. The number of thiophene rings is 1. The lowest BCUT2D eigenvalue weighted by Crippen LogP contribution is -2.71. The molecule has 1 spiro atoms. The number of oxime groups is 1. The average Bonchev–Trinajstić information content (AvgIpc) is 3.20. The molecule has 4 bridgehead atoms. The summed E-state index contributed by atoms with van der Waals surface area (Å²) in [5.41, 5.74) is -0.256. The van der Waals surface area contributed by atoms with Gasteiger partial charge in [-0.25, -0.2) is 0 Å². The molecular weight excluding hydrogens is 306 g/mol. The van der Waals surface area contributed by atoms with E-state index in [9.17, 15) is 0 Å². The Morgan fingerprint density at radius 3 is 3.09 bits per heavy atom. The molecule has 4 nitrogen and oxygen atoms in total. The molecule has 23 heavy (non-hydrogen) atoms. The number of benzene rings is 1. The fourth-order valence-corrected chi connectivity index (χ4v) is 6.83. The highest BCUT2D eigenvalue weighted by molar-refractivity contribution is 7.19. The molecule has 118 valence electrons. The maximum absolute atomic E-state index is 5.98. The first-order valence-electron chi connectivity index (χ1n) is 8.54. The van der Waals surface area contributed by atoms with Crippen LogP contribution in [0.25, 0.3) is 10.1 Å². The molecule has 0 radical (unpaired) electrons. The van der Waals surface area contributed by atoms with E-state index >= 15 is 0 Å². The van der Waals surface area contributed by atoms with Crippen LogP contribution in [0, 0.1) is 17.8 Å². The van der Waals surface area contributed by atoms with Gasteiger partial charge in [-0.05, 0) is 36.3 Å². The lowest BCUT2D eigenvalue weighted by molar-refractivity contribution is -0.231. The Bertz CT molecular complexity index is 774. The highest BCUT2D eigenvalue weighted by Crippen LogP contribution is 2.58. The fourth-order valence-electron chi connectivity index (χ4n) is 5.56. The number of fused-ring (bicyclic) bond motifs is 1. The van der Waals surface area contributed by atoms with Crippen LogP contribution in [0.4, 0.5) is 0 Å². The van der Waals surface area contributed by atoms with Gasteiger partial charge in [0.05, 0.1) is 6.04 Å². The Morgan fingerprint density at radius 2 is 2.22 bits per heavy atom. The number of nitrogens with zero attached hydrogens (tertiary/aromatic N) is 2. The molecule has 6 atom stereocenters. The van der Waals surface area contributed by atoms with Gasteiger partial charge in [-0.15, -0.1) is 11.3 Å². The second kappa shape index (κ2) is 4.28.